The molecule has 0 aliphatic carbocycles. The van der Waals surface area contributed by atoms with Gasteiger partial charge in [0, 0.05) is 12.8 Å². The fourth-order valence-corrected chi connectivity index (χ4v) is 0.250. The van der Waals surface area contributed by atoms with Crippen LogP contribution in [0.2, 0.25) is 0 Å². The highest BCUT2D eigenvalue weighted by atomic mass is 27.0. The van der Waals surface area contributed by atoms with Crippen molar-refractivity contribution in [3.8, 4) is 0 Å². The van der Waals surface area contributed by atoms with Crippen molar-refractivity contribution in [2.75, 3.05) is 0 Å². The van der Waals surface area contributed by atoms with E-state index < -0.39 is 0 Å². The van der Waals surface area contributed by atoms with Gasteiger partial charge in [-0.05, 0) is 0 Å². The maximum atomic E-state index is 10.2. The van der Waals surface area contributed by atoms with E-state index in [0.717, 1.165) is 0 Å². The third kappa shape index (κ3) is 6.20. The summed E-state index contributed by atoms with van der Waals surface area (Å²) in [4.78, 5) is 10.2. The molecule has 0 heterocycles. The fourth-order valence-electron chi connectivity index (χ4n) is 0.250. The quantitative estimate of drug-likeness (QED) is 0.471. The molecule has 0 saturated heterocycles. The van der Waals surface area contributed by atoms with Gasteiger partial charge in [0.2, 0.25) is 0 Å². The molecule has 0 unspecified atom stereocenters. The van der Waals surface area contributed by atoms with Gasteiger partial charge < -0.3 is 0 Å². The van der Waals surface area contributed by atoms with Gasteiger partial charge in [0.15, 0.2) is 17.4 Å². The number of carbonyl (C=O) groups is 1. The lowest BCUT2D eigenvalue weighted by Gasteiger charge is -1.81. The zero-order chi connectivity index (χ0) is 4.99. The predicted octanol–water partition coefficient (Wildman–Crippen LogP) is 0.192. The normalized spacial score (nSPS) is 7.14. The van der Waals surface area contributed by atoms with Crippen LogP contribution in [0.15, 0.2) is 0 Å². The second kappa shape index (κ2) is 6.20. The van der Waals surface area contributed by atoms with Crippen LogP contribution in [-0.4, -0.2) is 23.1 Å². The number of carbonyl (C=O) groups excluding carboxylic acids is 1. The van der Waals surface area contributed by atoms with Crippen molar-refractivity contribution >= 4 is 23.1 Å². The topological polar surface area (TPSA) is 17.1 Å². The van der Waals surface area contributed by atoms with Gasteiger partial charge in [-0.15, -0.1) is 0 Å². The Kier molecular flexibility index (Phi) is 9.07. The summed E-state index contributed by atoms with van der Waals surface area (Å²) in [6, 6.07) is 0. The lowest BCUT2D eigenvalue weighted by Crippen LogP contribution is -1.88. The Balaban J connectivity index is 0. The van der Waals surface area contributed by atoms with Crippen molar-refractivity contribution in [1.29, 1.82) is 0 Å². The van der Waals surface area contributed by atoms with Crippen LogP contribution < -0.4 is 0 Å². The molecule has 0 saturated carbocycles. The monoisotopic (exact) mass is 116 g/mol. The molecule has 0 spiro atoms. The molecule has 0 aliphatic rings. The molecule has 0 N–H and O–H groups in total. The summed E-state index contributed by atoms with van der Waals surface area (Å²) in [6.45, 7) is 3.76. The van der Waals surface area contributed by atoms with E-state index in [0.29, 0.717) is 18.6 Å². The van der Waals surface area contributed by atoms with Gasteiger partial charge in [-0.1, -0.05) is 13.8 Å². The van der Waals surface area contributed by atoms with Crippen molar-refractivity contribution in [3.63, 3.8) is 0 Å². The van der Waals surface area contributed by atoms with Crippen molar-refractivity contribution in [2.24, 2.45) is 0 Å². The lowest BCUT2D eigenvalue weighted by atomic mass is 10.3. The first-order valence-corrected chi connectivity index (χ1v) is 2.33. The molecular formula is C5H13AlO. The van der Waals surface area contributed by atoms with E-state index in [1.54, 1.807) is 0 Å². The number of hydrogen-bond donors (Lipinski definition) is 0. The third-order valence-electron chi connectivity index (χ3n) is 0.789. The van der Waals surface area contributed by atoms with E-state index >= 15 is 0 Å². The van der Waals surface area contributed by atoms with E-state index in [9.17, 15) is 4.79 Å². The molecule has 0 aliphatic heterocycles. The van der Waals surface area contributed by atoms with Crippen LogP contribution in [0.4, 0.5) is 0 Å². The maximum Gasteiger partial charge on any atom is 0.187 e. The van der Waals surface area contributed by atoms with Crippen LogP contribution in [0.25, 0.3) is 0 Å². The standard InChI is InChI=1S/C5H10O.Al.3H/c1-3-5(6)4-2;;;;/h3-4H2,1-2H3;;;;. The molecule has 0 fully saturated rings. The number of hydrogen-bond acceptors (Lipinski definition) is 1. The summed E-state index contributed by atoms with van der Waals surface area (Å²) in [7, 11) is 0. The summed E-state index contributed by atoms with van der Waals surface area (Å²) in [5, 5.41) is 0. The molecule has 0 amide bonds. The largest absolute Gasteiger partial charge is 0.300 e. The fraction of sp³-hybridized carbons (Fsp3) is 0.800. The van der Waals surface area contributed by atoms with Gasteiger partial charge in [-0.3, -0.25) is 4.79 Å². The highest BCUT2D eigenvalue weighted by Crippen LogP contribution is 1.82. The Labute approximate surface area is 55.2 Å². The van der Waals surface area contributed by atoms with Crippen LogP contribution in [0.1, 0.15) is 26.7 Å². The highest BCUT2D eigenvalue weighted by Gasteiger charge is 1.86. The molecular weight excluding hydrogens is 103 g/mol. The average Bonchev–Trinajstić information content (AvgIpc) is 1.65. The smallest absolute Gasteiger partial charge is 0.187 e. The van der Waals surface area contributed by atoms with Gasteiger partial charge >= 0.3 is 0 Å². The summed E-state index contributed by atoms with van der Waals surface area (Å²) < 4.78 is 0. The summed E-state index contributed by atoms with van der Waals surface area (Å²) in [5.41, 5.74) is 0. The molecule has 0 rings (SSSR count). The Morgan fingerprint density at radius 2 is 1.57 bits per heavy atom. The Hall–Kier alpha value is 0.202. The second-order valence-corrected chi connectivity index (χ2v) is 1.25. The molecule has 0 bridgehead atoms. The van der Waals surface area contributed by atoms with Gasteiger partial charge in [0.25, 0.3) is 0 Å². The van der Waals surface area contributed by atoms with Gasteiger partial charge in [0.1, 0.15) is 5.78 Å². The molecule has 0 radical (unpaired) electrons. The average molecular weight is 116 g/mol. The number of Topliss-reactive ketones (excluding diaryl/α,β-unsaturated/α-hetero) is 1. The highest BCUT2D eigenvalue weighted by molar-refractivity contribution is 5.77. The first kappa shape index (κ1) is 10.2. The van der Waals surface area contributed by atoms with E-state index in [1.165, 1.54) is 0 Å². The van der Waals surface area contributed by atoms with Gasteiger partial charge in [-0.25, -0.2) is 0 Å². The number of rotatable bonds is 2. The third-order valence-corrected chi connectivity index (χ3v) is 0.789. The van der Waals surface area contributed by atoms with Crippen LogP contribution >= 0.6 is 0 Å². The van der Waals surface area contributed by atoms with Gasteiger partial charge in [-0.2, -0.15) is 0 Å². The predicted molar refractivity (Wildman–Crippen MR) is 35.5 cm³/mol. The van der Waals surface area contributed by atoms with Crippen LogP contribution in [0.5, 0.6) is 0 Å². The number of ketones is 1. The van der Waals surface area contributed by atoms with Crippen LogP contribution in [-0.2, 0) is 4.79 Å². The van der Waals surface area contributed by atoms with E-state index in [4.69, 9.17) is 0 Å². The van der Waals surface area contributed by atoms with E-state index in [-0.39, 0.29) is 17.4 Å². The van der Waals surface area contributed by atoms with Gasteiger partial charge in [0.05, 0.1) is 0 Å². The SMILES string of the molecule is CCC(=O)CC.[AlH3]. The van der Waals surface area contributed by atoms with Crippen molar-refractivity contribution in [3.05, 3.63) is 0 Å². The first-order chi connectivity index (χ1) is 2.81. The first-order valence-electron chi connectivity index (χ1n) is 2.33. The molecule has 1 nitrogen and oxygen atoms in total. The summed E-state index contributed by atoms with van der Waals surface area (Å²) in [5.74, 6) is 0.343. The zero-order valence-corrected chi connectivity index (χ0v) is 4.32. The molecule has 7 heavy (non-hydrogen) atoms. The molecule has 0 aromatic heterocycles. The Bertz CT molecular complexity index is 46.0. The minimum absolute atomic E-state index is 0. The molecule has 0 atom stereocenters. The second-order valence-electron chi connectivity index (χ2n) is 1.25. The molecule has 0 aromatic rings. The zero-order valence-electron chi connectivity index (χ0n) is 4.32. The van der Waals surface area contributed by atoms with Crippen molar-refractivity contribution in [2.45, 2.75) is 26.7 Å². The summed E-state index contributed by atoms with van der Waals surface area (Å²) in [6.07, 6.45) is 1.38. The molecule has 0 aromatic carbocycles. The van der Waals surface area contributed by atoms with E-state index in [2.05, 4.69) is 0 Å². The van der Waals surface area contributed by atoms with Crippen LogP contribution in [0, 0.1) is 0 Å². The minimum Gasteiger partial charge on any atom is -0.300 e. The van der Waals surface area contributed by atoms with Crippen molar-refractivity contribution < 1.29 is 4.79 Å². The minimum atomic E-state index is 0. The Morgan fingerprint density at radius 1 is 1.29 bits per heavy atom. The van der Waals surface area contributed by atoms with Crippen LogP contribution in [0.3, 0.4) is 0 Å². The van der Waals surface area contributed by atoms with Crippen molar-refractivity contribution in [1.82, 2.24) is 0 Å². The lowest BCUT2D eigenvalue weighted by molar-refractivity contribution is -0.118. The maximum absolute atomic E-state index is 10.2. The Morgan fingerprint density at radius 3 is 1.57 bits per heavy atom. The summed E-state index contributed by atoms with van der Waals surface area (Å²) >= 11 is 0. The van der Waals surface area contributed by atoms with E-state index in [1.807, 2.05) is 13.8 Å². The molecule has 42 valence electrons. The molecule has 2 heteroatoms.